The number of halogens is 4. The molecule has 0 spiro atoms. The maximum Gasteiger partial charge on any atom is 0.471 e. The van der Waals surface area contributed by atoms with Crippen LogP contribution in [0.4, 0.5) is 18.9 Å². The van der Waals surface area contributed by atoms with Crippen LogP contribution in [-0.2, 0) is 16.1 Å². The fourth-order valence-corrected chi connectivity index (χ4v) is 1.83. The number of nitrogens with zero attached hydrogens (tertiary/aromatic N) is 1. The summed E-state index contributed by atoms with van der Waals surface area (Å²) in [5, 5.41) is 2.59. The zero-order chi connectivity index (χ0) is 16.8. The number of anilines is 1. The van der Waals surface area contributed by atoms with Crippen LogP contribution in [0.1, 0.15) is 18.9 Å². The van der Waals surface area contributed by atoms with Crippen molar-refractivity contribution in [1.82, 2.24) is 4.90 Å². The van der Waals surface area contributed by atoms with E-state index in [4.69, 9.17) is 5.73 Å². The van der Waals surface area contributed by atoms with E-state index in [-0.39, 0.29) is 44.4 Å². The van der Waals surface area contributed by atoms with Gasteiger partial charge in [-0.1, -0.05) is 12.1 Å². The Morgan fingerprint density at radius 1 is 1.30 bits per heavy atom. The number of alkyl halides is 3. The Morgan fingerprint density at radius 2 is 1.96 bits per heavy atom. The number of hydrogen-bond acceptors (Lipinski definition) is 3. The fraction of sp³-hybridized carbons (Fsp3) is 0.429. The molecule has 0 aliphatic rings. The summed E-state index contributed by atoms with van der Waals surface area (Å²) in [6.45, 7) is 1.42. The first-order chi connectivity index (χ1) is 10.3. The van der Waals surface area contributed by atoms with Crippen molar-refractivity contribution in [2.24, 2.45) is 5.73 Å². The molecule has 3 N–H and O–H groups in total. The fourth-order valence-electron chi connectivity index (χ4n) is 1.83. The maximum absolute atomic E-state index is 12.5. The van der Waals surface area contributed by atoms with Crippen LogP contribution in [0.5, 0.6) is 0 Å². The molecule has 0 radical (unpaired) electrons. The summed E-state index contributed by atoms with van der Waals surface area (Å²) in [7, 11) is 0. The lowest BCUT2D eigenvalue weighted by Gasteiger charge is -2.22. The van der Waals surface area contributed by atoms with Crippen molar-refractivity contribution in [3.8, 4) is 0 Å². The quantitative estimate of drug-likeness (QED) is 0.824. The molecule has 1 rings (SSSR count). The molecule has 0 atom stereocenters. The van der Waals surface area contributed by atoms with Gasteiger partial charge in [-0.25, -0.2) is 0 Å². The van der Waals surface area contributed by atoms with Gasteiger partial charge in [-0.3, -0.25) is 9.59 Å². The Bertz CT molecular complexity index is 538. The normalized spacial score (nSPS) is 10.7. The zero-order valence-corrected chi connectivity index (χ0v) is 13.3. The summed E-state index contributed by atoms with van der Waals surface area (Å²) >= 11 is 0. The van der Waals surface area contributed by atoms with Crippen molar-refractivity contribution in [3.63, 3.8) is 0 Å². The Morgan fingerprint density at radius 3 is 2.48 bits per heavy atom. The molecule has 130 valence electrons. The number of nitrogens with one attached hydrogen (secondary N) is 1. The highest BCUT2D eigenvalue weighted by Gasteiger charge is 2.41. The third kappa shape index (κ3) is 6.87. The second kappa shape index (κ2) is 9.36. The van der Waals surface area contributed by atoms with Gasteiger partial charge in [0.05, 0.1) is 0 Å². The van der Waals surface area contributed by atoms with Crippen molar-refractivity contribution in [3.05, 3.63) is 29.8 Å². The van der Waals surface area contributed by atoms with Crippen LogP contribution in [0.15, 0.2) is 24.3 Å². The Balaban J connectivity index is 0.00000484. The topological polar surface area (TPSA) is 75.4 Å². The van der Waals surface area contributed by atoms with E-state index in [0.717, 1.165) is 0 Å². The van der Waals surface area contributed by atoms with E-state index >= 15 is 0 Å². The van der Waals surface area contributed by atoms with Gasteiger partial charge >= 0.3 is 12.1 Å². The molecular formula is C14H19ClF3N3O2. The number of rotatable bonds is 6. The SMILES string of the molecule is CCN(Cc1cccc(NC(=O)CCN)c1)C(=O)C(F)(F)F.Cl. The molecule has 0 saturated carbocycles. The van der Waals surface area contributed by atoms with E-state index in [0.29, 0.717) is 16.2 Å². The average molecular weight is 354 g/mol. The minimum Gasteiger partial charge on any atom is -0.331 e. The summed E-state index contributed by atoms with van der Waals surface area (Å²) in [5.74, 6) is -2.16. The van der Waals surface area contributed by atoms with E-state index < -0.39 is 12.1 Å². The number of carbonyl (C=O) groups is 2. The summed E-state index contributed by atoms with van der Waals surface area (Å²) in [4.78, 5) is 23.4. The van der Waals surface area contributed by atoms with Crippen LogP contribution in [-0.4, -0.2) is 36.0 Å². The summed E-state index contributed by atoms with van der Waals surface area (Å²) in [6.07, 6.45) is -4.75. The Hall–Kier alpha value is -1.80. The standard InChI is InChI=1S/C14H18F3N3O2.ClH/c1-2-20(13(22)14(15,16)17)9-10-4-3-5-11(8-10)19-12(21)6-7-18;/h3-5,8H,2,6-7,9,18H2,1H3,(H,19,21);1H. The zero-order valence-electron chi connectivity index (χ0n) is 12.5. The monoisotopic (exact) mass is 353 g/mol. The van der Waals surface area contributed by atoms with Crippen molar-refractivity contribution in [1.29, 1.82) is 0 Å². The molecule has 1 aromatic rings. The highest BCUT2D eigenvalue weighted by atomic mass is 35.5. The van der Waals surface area contributed by atoms with Crippen LogP contribution in [0, 0.1) is 0 Å². The summed E-state index contributed by atoms with van der Waals surface area (Å²) in [6, 6.07) is 6.32. The average Bonchev–Trinajstić information content (AvgIpc) is 2.43. The molecule has 1 aromatic carbocycles. The number of amides is 2. The van der Waals surface area contributed by atoms with Gasteiger partial charge in [0, 0.05) is 31.7 Å². The van der Waals surface area contributed by atoms with Gasteiger partial charge < -0.3 is 16.0 Å². The van der Waals surface area contributed by atoms with Gasteiger partial charge in [-0.05, 0) is 24.6 Å². The van der Waals surface area contributed by atoms with Gasteiger partial charge in [0.15, 0.2) is 0 Å². The van der Waals surface area contributed by atoms with E-state index in [1.165, 1.54) is 13.0 Å². The van der Waals surface area contributed by atoms with Gasteiger partial charge in [-0.15, -0.1) is 12.4 Å². The molecule has 0 unspecified atom stereocenters. The molecule has 5 nitrogen and oxygen atoms in total. The number of benzene rings is 1. The minimum absolute atomic E-state index is 0. The summed E-state index contributed by atoms with van der Waals surface area (Å²) in [5.41, 5.74) is 6.20. The minimum atomic E-state index is -4.90. The van der Waals surface area contributed by atoms with Crippen molar-refractivity contribution < 1.29 is 22.8 Å². The Labute approximate surface area is 138 Å². The molecule has 0 saturated heterocycles. The van der Waals surface area contributed by atoms with E-state index in [2.05, 4.69) is 5.32 Å². The predicted octanol–water partition coefficient (Wildman–Crippen LogP) is 2.31. The van der Waals surface area contributed by atoms with Gasteiger partial charge in [0.1, 0.15) is 0 Å². The Kier molecular flexibility index (Phi) is 8.63. The lowest BCUT2D eigenvalue weighted by atomic mass is 10.2. The second-order valence-electron chi connectivity index (χ2n) is 4.60. The molecule has 2 amide bonds. The molecule has 0 aliphatic heterocycles. The number of hydrogen-bond donors (Lipinski definition) is 2. The number of nitrogens with two attached hydrogens (primary N) is 1. The largest absolute Gasteiger partial charge is 0.471 e. The van der Waals surface area contributed by atoms with Crippen LogP contribution >= 0.6 is 12.4 Å². The lowest BCUT2D eigenvalue weighted by Crippen LogP contribution is -2.40. The lowest BCUT2D eigenvalue weighted by molar-refractivity contribution is -0.185. The third-order valence-electron chi connectivity index (χ3n) is 2.87. The number of carbonyl (C=O) groups excluding carboxylic acids is 2. The van der Waals surface area contributed by atoms with Crippen LogP contribution in [0.2, 0.25) is 0 Å². The van der Waals surface area contributed by atoms with E-state index in [1.807, 2.05) is 0 Å². The molecule has 0 bridgehead atoms. The predicted molar refractivity (Wildman–Crippen MR) is 83.1 cm³/mol. The molecule has 0 aromatic heterocycles. The first kappa shape index (κ1) is 21.2. The van der Waals surface area contributed by atoms with Gasteiger partial charge in [-0.2, -0.15) is 13.2 Å². The van der Waals surface area contributed by atoms with Crippen molar-refractivity contribution in [2.75, 3.05) is 18.4 Å². The van der Waals surface area contributed by atoms with Crippen molar-refractivity contribution >= 4 is 29.9 Å². The maximum atomic E-state index is 12.5. The van der Waals surface area contributed by atoms with Crippen LogP contribution in [0.25, 0.3) is 0 Å². The van der Waals surface area contributed by atoms with Crippen molar-refractivity contribution in [2.45, 2.75) is 26.1 Å². The second-order valence-corrected chi connectivity index (χ2v) is 4.60. The van der Waals surface area contributed by atoms with Gasteiger partial charge in [0.2, 0.25) is 5.91 Å². The molecular weight excluding hydrogens is 335 g/mol. The molecule has 23 heavy (non-hydrogen) atoms. The highest BCUT2D eigenvalue weighted by molar-refractivity contribution is 5.90. The first-order valence-electron chi connectivity index (χ1n) is 6.73. The molecule has 0 fully saturated rings. The third-order valence-corrected chi connectivity index (χ3v) is 2.87. The highest BCUT2D eigenvalue weighted by Crippen LogP contribution is 2.20. The first-order valence-corrected chi connectivity index (χ1v) is 6.73. The van der Waals surface area contributed by atoms with Crippen LogP contribution < -0.4 is 11.1 Å². The van der Waals surface area contributed by atoms with Crippen LogP contribution in [0.3, 0.4) is 0 Å². The smallest absolute Gasteiger partial charge is 0.331 e. The summed E-state index contributed by atoms with van der Waals surface area (Å²) < 4.78 is 37.4. The molecule has 9 heteroatoms. The molecule has 0 aliphatic carbocycles. The molecule has 0 heterocycles. The van der Waals surface area contributed by atoms with E-state index in [1.54, 1.807) is 18.2 Å². The van der Waals surface area contributed by atoms with E-state index in [9.17, 15) is 22.8 Å². The van der Waals surface area contributed by atoms with Gasteiger partial charge in [0.25, 0.3) is 0 Å².